The molecule has 7 heteroatoms. The summed E-state index contributed by atoms with van der Waals surface area (Å²) in [5.74, 6) is 0.763. The number of amides is 2. The zero-order chi connectivity index (χ0) is 17.8. The van der Waals surface area contributed by atoms with E-state index in [1.54, 1.807) is 10.9 Å². The van der Waals surface area contributed by atoms with Gasteiger partial charge in [0.25, 0.3) is 0 Å². The van der Waals surface area contributed by atoms with Crippen molar-refractivity contribution in [2.75, 3.05) is 0 Å². The van der Waals surface area contributed by atoms with Gasteiger partial charge in [0.15, 0.2) is 5.82 Å². The van der Waals surface area contributed by atoms with E-state index in [0.717, 1.165) is 48.5 Å². The molecule has 1 fully saturated rings. The van der Waals surface area contributed by atoms with E-state index in [0.29, 0.717) is 6.54 Å². The van der Waals surface area contributed by atoms with Gasteiger partial charge in [0.1, 0.15) is 0 Å². The first-order chi connectivity index (χ1) is 12.0. The average Bonchev–Trinajstić information content (AvgIpc) is 2.94. The molecule has 2 aromatic rings. The van der Waals surface area contributed by atoms with Crippen LogP contribution in [0.2, 0.25) is 0 Å². The van der Waals surface area contributed by atoms with E-state index < -0.39 is 0 Å². The Kier molecular flexibility index (Phi) is 5.33. The summed E-state index contributed by atoms with van der Waals surface area (Å²) in [5, 5.41) is 19.7. The molecule has 0 atom stereocenters. The maximum atomic E-state index is 12.0. The quantitative estimate of drug-likeness (QED) is 0.791. The molecule has 0 bridgehead atoms. The molecule has 0 spiro atoms. The number of hydrogen-bond acceptors (Lipinski definition) is 4. The molecule has 1 aliphatic rings. The molecule has 2 heterocycles. The SMILES string of the molecule is Cc1cc(C)n(-c2ccc(CNC(=O)NC3CCC(O)CC3)cn2)n1. The van der Waals surface area contributed by atoms with E-state index >= 15 is 0 Å². The summed E-state index contributed by atoms with van der Waals surface area (Å²) in [6.07, 6.45) is 4.70. The Hall–Kier alpha value is -2.41. The maximum absolute atomic E-state index is 12.0. The highest BCUT2D eigenvalue weighted by Gasteiger charge is 2.20. The van der Waals surface area contributed by atoms with Crippen LogP contribution in [0.15, 0.2) is 24.4 Å². The molecule has 7 nitrogen and oxygen atoms in total. The second-order valence-electron chi connectivity index (χ2n) is 6.70. The number of pyridine rings is 1. The highest BCUT2D eigenvalue weighted by molar-refractivity contribution is 5.74. The predicted molar refractivity (Wildman–Crippen MR) is 94.5 cm³/mol. The first-order valence-corrected chi connectivity index (χ1v) is 8.72. The lowest BCUT2D eigenvalue weighted by Crippen LogP contribution is -2.43. The molecule has 0 unspecified atom stereocenters. The van der Waals surface area contributed by atoms with E-state index in [9.17, 15) is 9.90 Å². The highest BCUT2D eigenvalue weighted by atomic mass is 16.3. The first kappa shape index (κ1) is 17.4. The number of rotatable bonds is 4. The standard InChI is InChI=1S/C18H25N5O2/c1-12-9-13(2)23(22-12)17-8-3-14(10-19-17)11-20-18(25)21-15-4-6-16(24)7-5-15/h3,8-10,15-16,24H,4-7,11H2,1-2H3,(H2,20,21,25). The Bertz CT molecular complexity index is 718. The van der Waals surface area contributed by atoms with Crippen molar-refractivity contribution in [2.45, 2.75) is 58.2 Å². The highest BCUT2D eigenvalue weighted by Crippen LogP contribution is 2.18. The lowest BCUT2D eigenvalue weighted by molar-refractivity contribution is 0.117. The Labute approximate surface area is 147 Å². The van der Waals surface area contributed by atoms with Gasteiger partial charge in [0, 0.05) is 24.5 Å². The number of carbonyl (C=O) groups excluding carboxylic acids is 1. The molecule has 2 amide bonds. The summed E-state index contributed by atoms with van der Waals surface area (Å²) in [6.45, 7) is 4.37. The first-order valence-electron chi connectivity index (χ1n) is 8.72. The maximum Gasteiger partial charge on any atom is 0.315 e. The van der Waals surface area contributed by atoms with Gasteiger partial charge < -0.3 is 15.7 Å². The van der Waals surface area contributed by atoms with Gasteiger partial charge in [-0.25, -0.2) is 14.5 Å². The largest absolute Gasteiger partial charge is 0.393 e. The summed E-state index contributed by atoms with van der Waals surface area (Å²) in [7, 11) is 0. The van der Waals surface area contributed by atoms with E-state index in [1.807, 2.05) is 32.0 Å². The molecular formula is C18H25N5O2. The minimum absolute atomic E-state index is 0.148. The third kappa shape index (κ3) is 4.57. The molecule has 3 N–H and O–H groups in total. The third-order valence-corrected chi connectivity index (χ3v) is 4.52. The zero-order valence-corrected chi connectivity index (χ0v) is 14.7. The Morgan fingerprint density at radius 1 is 1.28 bits per heavy atom. The van der Waals surface area contributed by atoms with Crippen LogP contribution in [0.4, 0.5) is 4.79 Å². The van der Waals surface area contributed by atoms with Gasteiger partial charge in [-0.05, 0) is 57.2 Å². The van der Waals surface area contributed by atoms with Crippen molar-refractivity contribution < 1.29 is 9.90 Å². The molecule has 3 rings (SSSR count). The molecule has 1 aliphatic carbocycles. The second kappa shape index (κ2) is 7.65. The fourth-order valence-corrected chi connectivity index (χ4v) is 3.15. The lowest BCUT2D eigenvalue weighted by Gasteiger charge is -2.26. The number of nitrogens with zero attached hydrogens (tertiary/aromatic N) is 3. The topological polar surface area (TPSA) is 92.1 Å². The van der Waals surface area contributed by atoms with Crippen molar-refractivity contribution in [1.82, 2.24) is 25.4 Å². The number of aliphatic hydroxyl groups excluding tert-OH is 1. The van der Waals surface area contributed by atoms with Crippen molar-refractivity contribution in [3.05, 3.63) is 41.3 Å². The van der Waals surface area contributed by atoms with Gasteiger partial charge >= 0.3 is 6.03 Å². The normalized spacial score (nSPS) is 20.3. The minimum Gasteiger partial charge on any atom is -0.393 e. The molecule has 134 valence electrons. The van der Waals surface area contributed by atoms with Gasteiger partial charge in [-0.3, -0.25) is 0 Å². The lowest BCUT2D eigenvalue weighted by atomic mass is 9.93. The van der Waals surface area contributed by atoms with E-state index in [1.165, 1.54) is 0 Å². The van der Waals surface area contributed by atoms with Gasteiger partial charge in [0.05, 0.1) is 11.8 Å². The van der Waals surface area contributed by atoms with Crippen molar-refractivity contribution in [3.63, 3.8) is 0 Å². The summed E-state index contributed by atoms with van der Waals surface area (Å²) < 4.78 is 1.80. The number of aromatic nitrogens is 3. The van der Waals surface area contributed by atoms with Crippen molar-refractivity contribution in [3.8, 4) is 5.82 Å². The van der Waals surface area contributed by atoms with Gasteiger partial charge in [-0.2, -0.15) is 5.10 Å². The summed E-state index contributed by atoms with van der Waals surface area (Å²) >= 11 is 0. The monoisotopic (exact) mass is 343 g/mol. The Morgan fingerprint density at radius 2 is 2.04 bits per heavy atom. The van der Waals surface area contributed by atoms with Crippen LogP contribution in [0, 0.1) is 13.8 Å². The fourth-order valence-electron chi connectivity index (χ4n) is 3.15. The number of urea groups is 1. The van der Waals surface area contributed by atoms with Gasteiger partial charge in [-0.15, -0.1) is 0 Å². The molecule has 2 aromatic heterocycles. The Morgan fingerprint density at radius 3 is 2.64 bits per heavy atom. The fraction of sp³-hybridized carbons (Fsp3) is 0.500. The van der Waals surface area contributed by atoms with Gasteiger partial charge in [-0.1, -0.05) is 6.07 Å². The molecule has 0 aliphatic heterocycles. The summed E-state index contributed by atoms with van der Waals surface area (Å²) in [5.41, 5.74) is 2.92. The third-order valence-electron chi connectivity index (χ3n) is 4.52. The molecule has 1 saturated carbocycles. The zero-order valence-electron chi connectivity index (χ0n) is 14.7. The molecule has 0 aromatic carbocycles. The van der Waals surface area contributed by atoms with E-state index in [-0.39, 0.29) is 18.2 Å². The second-order valence-corrected chi connectivity index (χ2v) is 6.70. The van der Waals surface area contributed by atoms with E-state index in [2.05, 4.69) is 20.7 Å². The van der Waals surface area contributed by atoms with Crippen molar-refractivity contribution in [1.29, 1.82) is 0 Å². The molecule has 0 saturated heterocycles. The number of hydrogen-bond donors (Lipinski definition) is 3. The van der Waals surface area contributed by atoms with Crippen LogP contribution in [-0.2, 0) is 6.54 Å². The van der Waals surface area contributed by atoms with E-state index in [4.69, 9.17) is 0 Å². The van der Waals surface area contributed by atoms with Crippen LogP contribution in [0.25, 0.3) is 5.82 Å². The minimum atomic E-state index is -0.215. The van der Waals surface area contributed by atoms with Crippen LogP contribution in [0.1, 0.15) is 42.6 Å². The number of carbonyl (C=O) groups is 1. The van der Waals surface area contributed by atoms with Crippen LogP contribution in [0.3, 0.4) is 0 Å². The predicted octanol–water partition coefficient (Wildman–Crippen LogP) is 1.99. The summed E-state index contributed by atoms with van der Waals surface area (Å²) in [6, 6.07) is 5.82. The molecule has 0 radical (unpaired) electrons. The van der Waals surface area contributed by atoms with Crippen LogP contribution in [0.5, 0.6) is 0 Å². The van der Waals surface area contributed by atoms with Crippen molar-refractivity contribution in [2.24, 2.45) is 0 Å². The van der Waals surface area contributed by atoms with Crippen LogP contribution in [-0.4, -0.2) is 38.0 Å². The average molecular weight is 343 g/mol. The number of nitrogens with one attached hydrogen (secondary N) is 2. The molecule has 25 heavy (non-hydrogen) atoms. The van der Waals surface area contributed by atoms with Gasteiger partial charge in [0.2, 0.25) is 0 Å². The molecular weight excluding hydrogens is 318 g/mol. The number of aryl methyl sites for hydroxylation is 2. The summed E-state index contributed by atoms with van der Waals surface area (Å²) in [4.78, 5) is 16.4. The van der Waals surface area contributed by atoms with Crippen molar-refractivity contribution >= 4 is 6.03 Å². The smallest absolute Gasteiger partial charge is 0.315 e. The van der Waals surface area contributed by atoms with Crippen LogP contribution >= 0.6 is 0 Å². The Balaban J connectivity index is 1.50. The van der Waals surface area contributed by atoms with Crippen LogP contribution < -0.4 is 10.6 Å². The number of aliphatic hydroxyl groups is 1.